The number of hydrogen-bond donors (Lipinski definition) is 1. The SMILES string of the molecule is CCNC(=NCc1ccccc1OC)N1CC(C)C(C(=O)OC)C1. The van der Waals surface area contributed by atoms with E-state index in [1.54, 1.807) is 7.11 Å². The van der Waals surface area contributed by atoms with Crippen LogP contribution in [-0.2, 0) is 16.1 Å². The molecule has 0 aliphatic carbocycles. The highest BCUT2D eigenvalue weighted by atomic mass is 16.5. The normalized spacial score (nSPS) is 20.8. The van der Waals surface area contributed by atoms with E-state index in [9.17, 15) is 4.79 Å². The first-order chi connectivity index (χ1) is 11.6. The number of nitrogens with one attached hydrogen (secondary N) is 1. The maximum Gasteiger partial charge on any atom is 0.310 e. The predicted octanol–water partition coefficient (Wildman–Crippen LogP) is 1.90. The molecule has 0 radical (unpaired) electrons. The van der Waals surface area contributed by atoms with Crippen LogP contribution >= 0.6 is 0 Å². The van der Waals surface area contributed by atoms with Gasteiger partial charge in [0.1, 0.15) is 5.75 Å². The standard InChI is InChI=1S/C18H27N3O3/c1-5-19-18(20-10-14-8-6-7-9-16(14)23-3)21-11-13(2)15(12-21)17(22)24-4/h6-9,13,15H,5,10-12H2,1-4H3,(H,19,20). The van der Waals surface area contributed by atoms with E-state index >= 15 is 0 Å². The Morgan fingerprint density at radius 3 is 2.75 bits per heavy atom. The molecular formula is C18H27N3O3. The van der Waals surface area contributed by atoms with Crippen molar-refractivity contribution in [3.05, 3.63) is 29.8 Å². The topological polar surface area (TPSA) is 63.2 Å². The number of guanidine groups is 1. The first-order valence-corrected chi connectivity index (χ1v) is 8.33. The summed E-state index contributed by atoms with van der Waals surface area (Å²) in [6, 6.07) is 7.87. The Morgan fingerprint density at radius 1 is 1.33 bits per heavy atom. The first-order valence-electron chi connectivity index (χ1n) is 8.33. The summed E-state index contributed by atoms with van der Waals surface area (Å²) in [6.07, 6.45) is 0. The number of aliphatic imine (C=N–C) groups is 1. The molecule has 0 bridgehead atoms. The summed E-state index contributed by atoms with van der Waals surface area (Å²) in [5.41, 5.74) is 1.03. The highest BCUT2D eigenvalue weighted by Gasteiger charge is 2.36. The zero-order chi connectivity index (χ0) is 17.5. The maximum atomic E-state index is 11.9. The van der Waals surface area contributed by atoms with Crippen LogP contribution in [0.3, 0.4) is 0 Å². The van der Waals surface area contributed by atoms with Gasteiger partial charge in [0.2, 0.25) is 0 Å². The monoisotopic (exact) mass is 333 g/mol. The van der Waals surface area contributed by atoms with Crippen LogP contribution in [-0.4, -0.2) is 50.7 Å². The Bertz CT molecular complexity index is 589. The van der Waals surface area contributed by atoms with Gasteiger partial charge in [-0.15, -0.1) is 0 Å². The van der Waals surface area contributed by atoms with Crippen LogP contribution in [0.15, 0.2) is 29.3 Å². The van der Waals surface area contributed by atoms with Gasteiger partial charge >= 0.3 is 5.97 Å². The summed E-state index contributed by atoms with van der Waals surface area (Å²) >= 11 is 0. The molecule has 0 amide bonds. The fourth-order valence-corrected chi connectivity index (χ4v) is 3.02. The van der Waals surface area contributed by atoms with Crippen LogP contribution in [0.25, 0.3) is 0 Å². The highest BCUT2D eigenvalue weighted by molar-refractivity contribution is 5.82. The molecule has 2 unspecified atom stereocenters. The van der Waals surface area contributed by atoms with Crippen molar-refractivity contribution in [2.45, 2.75) is 20.4 Å². The van der Waals surface area contributed by atoms with Crippen LogP contribution in [0.5, 0.6) is 5.75 Å². The molecule has 1 heterocycles. The molecule has 1 aliphatic rings. The van der Waals surface area contributed by atoms with Crippen molar-refractivity contribution in [1.82, 2.24) is 10.2 Å². The predicted molar refractivity (Wildman–Crippen MR) is 94.1 cm³/mol. The fraction of sp³-hybridized carbons (Fsp3) is 0.556. The molecule has 2 rings (SSSR count). The van der Waals surface area contributed by atoms with Crippen LogP contribution in [0.4, 0.5) is 0 Å². The quantitative estimate of drug-likeness (QED) is 0.507. The van der Waals surface area contributed by atoms with Gasteiger partial charge in [-0.25, -0.2) is 4.99 Å². The van der Waals surface area contributed by atoms with E-state index < -0.39 is 0 Å². The van der Waals surface area contributed by atoms with Crippen molar-refractivity contribution in [1.29, 1.82) is 0 Å². The number of methoxy groups -OCH3 is 2. The Labute approximate surface area is 143 Å². The summed E-state index contributed by atoms with van der Waals surface area (Å²) in [5, 5.41) is 3.31. The number of rotatable bonds is 5. The van der Waals surface area contributed by atoms with Gasteiger partial charge in [0.05, 0.1) is 26.7 Å². The lowest BCUT2D eigenvalue weighted by Gasteiger charge is -2.21. The van der Waals surface area contributed by atoms with E-state index in [0.29, 0.717) is 13.1 Å². The van der Waals surface area contributed by atoms with Crippen molar-refractivity contribution in [3.8, 4) is 5.75 Å². The summed E-state index contributed by atoms with van der Waals surface area (Å²) in [5.74, 6) is 1.64. The largest absolute Gasteiger partial charge is 0.496 e. The molecular weight excluding hydrogens is 306 g/mol. The van der Waals surface area contributed by atoms with Crippen molar-refractivity contribution >= 4 is 11.9 Å². The second-order valence-electron chi connectivity index (χ2n) is 5.99. The fourth-order valence-electron chi connectivity index (χ4n) is 3.02. The molecule has 1 fully saturated rings. The highest BCUT2D eigenvalue weighted by Crippen LogP contribution is 2.24. The van der Waals surface area contributed by atoms with Gasteiger partial charge in [0.25, 0.3) is 0 Å². The molecule has 24 heavy (non-hydrogen) atoms. The number of para-hydroxylation sites is 1. The third-order valence-corrected chi connectivity index (χ3v) is 4.34. The van der Waals surface area contributed by atoms with E-state index in [1.807, 2.05) is 31.2 Å². The third kappa shape index (κ3) is 4.19. The smallest absolute Gasteiger partial charge is 0.310 e. The molecule has 132 valence electrons. The molecule has 6 heteroatoms. The molecule has 2 atom stereocenters. The summed E-state index contributed by atoms with van der Waals surface area (Å²) in [4.78, 5) is 18.7. The Hall–Kier alpha value is -2.24. The summed E-state index contributed by atoms with van der Waals surface area (Å²) in [7, 11) is 3.11. The number of benzene rings is 1. The van der Waals surface area contributed by atoms with Gasteiger partial charge < -0.3 is 19.7 Å². The van der Waals surface area contributed by atoms with Crippen molar-refractivity contribution in [2.75, 3.05) is 33.9 Å². The minimum atomic E-state index is -0.148. The number of hydrogen-bond acceptors (Lipinski definition) is 4. The second-order valence-corrected chi connectivity index (χ2v) is 5.99. The molecule has 1 aliphatic heterocycles. The number of esters is 1. The summed E-state index contributed by atoms with van der Waals surface area (Å²) < 4.78 is 10.3. The molecule has 0 saturated carbocycles. The van der Waals surface area contributed by atoms with E-state index in [4.69, 9.17) is 14.5 Å². The molecule has 6 nitrogen and oxygen atoms in total. The van der Waals surface area contributed by atoms with Gasteiger partial charge in [-0.05, 0) is 18.9 Å². The maximum absolute atomic E-state index is 11.9. The molecule has 0 aromatic heterocycles. The van der Waals surface area contributed by atoms with E-state index in [0.717, 1.165) is 30.4 Å². The van der Waals surface area contributed by atoms with E-state index in [2.05, 4.69) is 17.1 Å². The van der Waals surface area contributed by atoms with Crippen molar-refractivity contribution in [3.63, 3.8) is 0 Å². The van der Waals surface area contributed by atoms with Gasteiger partial charge in [-0.2, -0.15) is 0 Å². The minimum absolute atomic E-state index is 0.106. The number of likely N-dealkylation sites (tertiary alicyclic amines) is 1. The molecule has 1 aromatic carbocycles. The summed E-state index contributed by atoms with van der Waals surface area (Å²) in [6.45, 7) is 6.84. The lowest BCUT2D eigenvalue weighted by Crippen LogP contribution is -2.40. The van der Waals surface area contributed by atoms with Crippen LogP contribution in [0.1, 0.15) is 19.4 Å². The number of nitrogens with zero attached hydrogens (tertiary/aromatic N) is 2. The van der Waals surface area contributed by atoms with Gasteiger partial charge in [0.15, 0.2) is 5.96 Å². The van der Waals surface area contributed by atoms with Crippen LogP contribution in [0.2, 0.25) is 0 Å². The zero-order valence-electron chi connectivity index (χ0n) is 14.9. The lowest BCUT2D eigenvalue weighted by atomic mass is 9.99. The van der Waals surface area contributed by atoms with Crippen molar-refractivity contribution in [2.24, 2.45) is 16.8 Å². The van der Waals surface area contributed by atoms with Gasteiger partial charge in [-0.1, -0.05) is 25.1 Å². The Balaban J connectivity index is 2.13. The molecule has 0 spiro atoms. The Kier molecular flexibility index (Phi) is 6.46. The van der Waals surface area contributed by atoms with Crippen LogP contribution in [0, 0.1) is 11.8 Å². The number of carbonyl (C=O) groups is 1. The number of carbonyl (C=O) groups excluding carboxylic acids is 1. The Morgan fingerprint density at radius 2 is 2.08 bits per heavy atom. The molecule has 1 N–H and O–H groups in total. The minimum Gasteiger partial charge on any atom is -0.496 e. The van der Waals surface area contributed by atoms with E-state index in [1.165, 1.54) is 7.11 Å². The van der Waals surface area contributed by atoms with Gasteiger partial charge in [0, 0.05) is 25.2 Å². The lowest BCUT2D eigenvalue weighted by molar-refractivity contribution is -0.145. The van der Waals surface area contributed by atoms with Crippen molar-refractivity contribution < 1.29 is 14.3 Å². The molecule has 1 aromatic rings. The molecule has 1 saturated heterocycles. The van der Waals surface area contributed by atoms with Crippen LogP contribution < -0.4 is 10.1 Å². The average Bonchev–Trinajstić information content (AvgIpc) is 2.99. The van der Waals surface area contributed by atoms with Gasteiger partial charge in [-0.3, -0.25) is 4.79 Å². The second kappa shape index (κ2) is 8.57. The van der Waals surface area contributed by atoms with E-state index in [-0.39, 0.29) is 17.8 Å². The first kappa shape index (κ1) is 18.1. The average molecular weight is 333 g/mol. The zero-order valence-corrected chi connectivity index (χ0v) is 14.9. The third-order valence-electron chi connectivity index (χ3n) is 4.34. The number of ether oxygens (including phenoxy) is 2.